The number of benzene rings is 1. The van der Waals surface area contributed by atoms with Crippen LogP contribution in [0.3, 0.4) is 0 Å². The average Bonchev–Trinajstić information content (AvgIpc) is 3.26. The predicted octanol–water partition coefficient (Wildman–Crippen LogP) is 2.45. The van der Waals surface area contributed by atoms with Crippen molar-refractivity contribution in [2.24, 2.45) is 5.92 Å². The first-order valence-electron chi connectivity index (χ1n) is 9.10. The van der Waals surface area contributed by atoms with E-state index in [0.29, 0.717) is 17.9 Å². The summed E-state index contributed by atoms with van der Waals surface area (Å²) < 4.78 is 5.50. The van der Waals surface area contributed by atoms with Gasteiger partial charge in [-0.2, -0.15) is 0 Å². The highest BCUT2D eigenvalue weighted by Crippen LogP contribution is 2.41. The van der Waals surface area contributed by atoms with Crippen LogP contribution in [0.25, 0.3) is 0 Å². The molecule has 1 amide bonds. The van der Waals surface area contributed by atoms with Gasteiger partial charge in [0.05, 0.1) is 19.1 Å². The molecule has 3 aliphatic rings. The summed E-state index contributed by atoms with van der Waals surface area (Å²) in [6.07, 6.45) is 1.14. The van der Waals surface area contributed by atoms with Gasteiger partial charge in [0.1, 0.15) is 0 Å². The number of carbonyl (C=O) groups excluding carboxylic acids is 1. The van der Waals surface area contributed by atoms with Crippen LogP contribution in [0.4, 0.5) is 0 Å². The van der Waals surface area contributed by atoms with Crippen LogP contribution in [-0.2, 0) is 9.53 Å². The van der Waals surface area contributed by atoms with Gasteiger partial charge in [-0.3, -0.25) is 9.69 Å². The molecule has 0 unspecified atom stereocenters. The van der Waals surface area contributed by atoms with Crippen molar-refractivity contribution in [3.63, 3.8) is 0 Å². The maximum absolute atomic E-state index is 13.2. The van der Waals surface area contributed by atoms with E-state index in [9.17, 15) is 4.79 Å². The van der Waals surface area contributed by atoms with E-state index in [1.54, 1.807) is 0 Å². The zero-order valence-corrected chi connectivity index (χ0v) is 15.1. The molecule has 4 nitrogen and oxygen atoms in total. The zero-order chi connectivity index (χ0) is 16.5. The van der Waals surface area contributed by atoms with Crippen LogP contribution < -0.4 is 0 Å². The number of fused-ring (bicyclic) bond motifs is 1. The molecule has 1 aromatic rings. The minimum Gasteiger partial charge on any atom is -0.379 e. The molecule has 0 aliphatic carbocycles. The number of amides is 1. The molecule has 3 heterocycles. The van der Waals surface area contributed by atoms with Crippen molar-refractivity contribution in [1.82, 2.24) is 9.80 Å². The second-order valence-electron chi connectivity index (χ2n) is 7.03. The van der Waals surface area contributed by atoms with E-state index in [1.165, 1.54) is 10.5 Å². The first-order chi connectivity index (χ1) is 11.8. The molecule has 0 bridgehead atoms. The monoisotopic (exact) mass is 346 g/mol. The standard InChI is InChI=1S/C19H26N2O2S/c1-2-14-11-21(12-17(14)20-7-9-23-10-8-20)19(22)16-13-24-18-6-4-3-5-15(16)18/h3-6,14,16-17H,2,7-13H2,1H3/t14-,16-,17-/m1/s1. The molecule has 3 aliphatic heterocycles. The van der Waals surface area contributed by atoms with Gasteiger partial charge in [0, 0.05) is 42.9 Å². The van der Waals surface area contributed by atoms with Crippen molar-refractivity contribution in [1.29, 1.82) is 0 Å². The maximum atomic E-state index is 13.2. The molecule has 130 valence electrons. The molecule has 3 atom stereocenters. The normalized spacial score (nSPS) is 30.5. The van der Waals surface area contributed by atoms with Gasteiger partial charge in [-0.15, -0.1) is 11.8 Å². The summed E-state index contributed by atoms with van der Waals surface area (Å²) in [5.41, 5.74) is 1.23. The quantitative estimate of drug-likeness (QED) is 0.842. The molecule has 2 fully saturated rings. The molecule has 1 aromatic carbocycles. The Balaban J connectivity index is 1.48. The minimum absolute atomic E-state index is 0.0483. The molecular formula is C19H26N2O2S. The highest BCUT2D eigenvalue weighted by atomic mass is 32.2. The number of likely N-dealkylation sites (tertiary alicyclic amines) is 1. The Morgan fingerprint density at radius 1 is 1.25 bits per heavy atom. The number of morpholine rings is 1. The van der Waals surface area contributed by atoms with Crippen molar-refractivity contribution >= 4 is 17.7 Å². The molecule has 0 aromatic heterocycles. The summed E-state index contributed by atoms with van der Waals surface area (Å²) in [6, 6.07) is 8.90. The lowest BCUT2D eigenvalue weighted by molar-refractivity contribution is -0.131. The van der Waals surface area contributed by atoms with E-state index in [-0.39, 0.29) is 5.92 Å². The summed E-state index contributed by atoms with van der Waals surface area (Å²) in [5.74, 6) is 1.87. The number of carbonyl (C=O) groups is 1. The Kier molecular flexibility index (Phi) is 4.83. The number of ether oxygens (including phenoxy) is 1. The topological polar surface area (TPSA) is 32.8 Å². The van der Waals surface area contributed by atoms with E-state index in [4.69, 9.17) is 4.74 Å². The van der Waals surface area contributed by atoms with Gasteiger partial charge in [0.2, 0.25) is 5.91 Å². The van der Waals surface area contributed by atoms with Gasteiger partial charge in [-0.1, -0.05) is 31.5 Å². The Labute approximate surface area is 148 Å². The molecule has 0 N–H and O–H groups in total. The molecule has 2 saturated heterocycles. The molecule has 5 heteroatoms. The molecule has 0 spiro atoms. The van der Waals surface area contributed by atoms with Crippen molar-refractivity contribution in [2.75, 3.05) is 45.1 Å². The van der Waals surface area contributed by atoms with Gasteiger partial charge in [0.15, 0.2) is 0 Å². The van der Waals surface area contributed by atoms with Crippen LogP contribution in [0.15, 0.2) is 29.2 Å². The van der Waals surface area contributed by atoms with Gasteiger partial charge in [-0.25, -0.2) is 0 Å². The Hall–Kier alpha value is -1.04. The second-order valence-corrected chi connectivity index (χ2v) is 8.09. The van der Waals surface area contributed by atoms with E-state index in [2.05, 4.69) is 41.0 Å². The van der Waals surface area contributed by atoms with Crippen LogP contribution in [0.1, 0.15) is 24.8 Å². The number of hydrogen-bond acceptors (Lipinski definition) is 4. The third-order valence-electron chi connectivity index (χ3n) is 5.76. The van der Waals surface area contributed by atoms with Crippen LogP contribution in [0.5, 0.6) is 0 Å². The smallest absolute Gasteiger partial charge is 0.231 e. The summed E-state index contributed by atoms with van der Waals surface area (Å²) in [7, 11) is 0. The van der Waals surface area contributed by atoms with Crippen LogP contribution in [-0.4, -0.2) is 66.9 Å². The molecule has 24 heavy (non-hydrogen) atoms. The molecule has 0 saturated carbocycles. The van der Waals surface area contributed by atoms with Crippen LogP contribution in [0, 0.1) is 5.92 Å². The van der Waals surface area contributed by atoms with Crippen LogP contribution >= 0.6 is 11.8 Å². The largest absolute Gasteiger partial charge is 0.379 e. The first kappa shape index (κ1) is 16.4. The summed E-state index contributed by atoms with van der Waals surface area (Å²) >= 11 is 1.82. The third kappa shape index (κ3) is 2.98. The van der Waals surface area contributed by atoms with E-state index in [1.807, 2.05) is 11.8 Å². The first-order valence-corrected chi connectivity index (χ1v) is 10.1. The summed E-state index contributed by atoms with van der Waals surface area (Å²) in [4.78, 5) is 19.1. The van der Waals surface area contributed by atoms with Crippen molar-refractivity contribution in [2.45, 2.75) is 30.2 Å². The Morgan fingerprint density at radius 2 is 2.04 bits per heavy atom. The second kappa shape index (κ2) is 7.06. The van der Waals surface area contributed by atoms with E-state index < -0.39 is 0 Å². The van der Waals surface area contributed by atoms with Crippen LogP contribution in [0.2, 0.25) is 0 Å². The van der Waals surface area contributed by atoms with E-state index in [0.717, 1.165) is 51.6 Å². The van der Waals surface area contributed by atoms with Gasteiger partial charge >= 0.3 is 0 Å². The Morgan fingerprint density at radius 3 is 2.83 bits per heavy atom. The third-order valence-corrected chi connectivity index (χ3v) is 6.94. The lowest BCUT2D eigenvalue weighted by atomic mass is 9.99. The lowest BCUT2D eigenvalue weighted by Gasteiger charge is -2.34. The fraction of sp³-hybridized carbons (Fsp3) is 0.632. The van der Waals surface area contributed by atoms with Gasteiger partial charge < -0.3 is 9.64 Å². The number of hydrogen-bond donors (Lipinski definition) is 0. The summed E-state index contributed by atoms with van der Waals surface area (Å²) in [5, 5.41) is 0. The van der Waals surface area contributed by atoms with Crippen molar-refractivity contribution in [3.05, 3.63) is 29.8 Å². The average molecular weight is 346 g/mol. The van der Waals surface area contributed by atoms with E-state index >= 15 is 0 Å². The predicted molar refractivity (Wildman–Crippen MR) is 96.4 cm³/mol. The fourth-order valence-corrected chi connectivity index (χ4v) is 5.57. The van der Waals surface area contributed by atoms with Crippen molar-refractivity contribution < 1.29 is 9.53 Å². The number of nitrogens with zero attached hydrogens (tertiary/aromatic N) is 2. The van der Waals surface area contributed by atoms with Crippen molar-refractivity contribution in [3.8, 4) is 0 Å². The minimum atomic E-state index is 0.0483. The maximum Gasteiger partial charge on any atom is 0.231 e. The molecule has 4 rings (SSSR count). The SMILES string of the molecule is CC[C@@H]1CN(C(=O)[C@@H]2CSc3ccccc32)C[C@H]1N1CCOCC1. The highest BCUT2D eigenvalue weighted by molar-refractivity contribution is 7.99. The summed E-state index contributed by atoms with van der Waals surface area (Å²) in [6.45, 7) is 7.73. The number of thioether (sulfide) groups is 1. The fourth-order valence-electron chi connectivity index (χ4n) is 4.35. The highest BCUT2D eigenvalue weighted by Gasteiger charge is 2.41. The lowest BCUT2D eigenvalue weighted by Crippen LogP contribution is -2.47. The Bertz CT molecular complexity index is 603. The zero-order valence-electron chi connectivity index (χ0n) is 14.3. The van der Waals surface area contributed by atoms with Gasteiger partial charge in [-0.05, 0) is 17.5 Å². The molecule has 0 radical (unpaired) electrons. The molecular weight excluding hydrogens is 320 g/mol. The number of rotatable bonds is 3. The van der Waals surface area contributed by atoms with Gasteiger partial charge in [0.25, 0.3) is 0 Å².